The van der Waals surface area contributed by atoms with Crippen molar-refractivity contribution in [2.45, 2.75) is 24.1 Å². The van der Waals surface area contributed by atoms with Gasteiger partial charge in [0.15, 0.2) is 0 Å². The standard InChI is InChI=1S/C10H12BrClO.C10H13ClO/c1-13-7-6-10(11)8-2-4-9(12)5-3-8;1-12-8-2-3-9-4-6-10(11)7-5-9/h2-5,10H,6-7H2,1H3;4-7H,2-3,8H2,1H3. The number of hydrogen-bond acceptors (Lipinski definition) is 2. The van der Waals surface area contributed by atoms with E-state index < -0.39 is 0 Å². The van der Waals surface area contributed by atoms with Crippen molar-refractivity contribution in [1.82, 2.24) is 0 Å². The van der Waals surface area contributed by atoms with Gasteiger partial charge < -0.3 is 9.47 Å². The smallest absolute Gasteiger partial charge is 0.0476 e. The molecule has 1 atom stereocenters. The van der Waals surface area contributed by atoms with Crippen LogP contribution in [0.4, 0.5) is 0 Å². The van der Waals surface area contributed by atoms with Gasteiger partial charge in [0.25, 0.3) is 0 Å². The van der Waals surface area contributed by atoms with Crippen molar-refractivity contribution in [2.75, 3.05) is 27.4 Å². The lowest BCUT2D eigenvalue weighted by Crippen LogP contribution is -1.95. The van der Waals surface area contributed by atoms with E-state index in [2.05, 4.69) is 28.1 Å². The first kappa shape index (κ1) is 22.5. The van der Waals surface area contributed by atoms with Gasteiger partial charge in [0.1, 0.15) is 0 Å². The van der Waals surface area contributed by atoms with E-state index in [9.17, 15) is 0 Å². The molecule has 0 amide bonds. The van der Waals surface area contributed by atoms with Crippen LogP contribution in [0.1, 0.15) is 28.8 Å². The summed E-state index contributed by atoms with van der Waals surface area (Å²) in [6, 6.07) is 15.8. The molecule has 0 aliphatic rings. The minimum absolute atomic E-state index is 0.352. The Bertz CT molecular complexity index is 573. The molecule has 0 saturated carbocycles. The van der Waals surface area contributed by atoms with Gasteiger partial charge in [0.05, 0.1) is 0 Å². The molecule has 0 N–H and O–H groups in total. The quantitative estimate of drug-likeness (QED) is 0.329. The Balaban J connectivity index is 0.000000251. The highest BCUT2D eigenvalue weighted by Crippen LogP contribution is 2.27. The Labute approximate surface area is 169 Å². The number of aryl methyl sites for hydroxylation is 1. The van der Waals surface area contributed by atoms with Gasteiger partial charge in [-0.1, -0.05) is 63.4 Å². The normalized spacial score (nSPS) is 11.6. The third-order valence-electron chi connectivity index (χ3n) is 3.53. The minimum atomic E-state index is 0.352. The second-order valence-corrected chi connectivity index (χ2v) is 7.50. The molecular formula is C20H25BrCl2O2. The van der Waals surface area contributed by atoms with Crippen molar-refractivity contribution < 1.29 is 9.47 Å². The SMILES string of the molecule is COCCC(Br)c1ccc(Cl)cc1.COCCCc1ccc(Cl)cc1. The predicted molar refractivity (Wildman–Crippen MR) is 111 cm³/mol. The number of hydrogen-bond donors (Lipinski definition) is 0. The third-order valence-corrected chi connectivity index (χ3v) is 5.02. The van der Waals surface area contributed by atoms with E-state index in [0.717, 1.165) is 42.5 Å². The van der Waals surface area contributed by atoms with Gasteiger partial charge in [0.2, 0.25) is 0 Å². The van der Waals surface area contributed by atoms with Gasteiger partial charge in [0, 0.05) is 42.3 Å². The first-order chi connectivity index (χ1) is 12.1. The summed E-state index contributed by atoms with van der Waals surface area (Å²) in [6.07, 6.45) is 3.10. The Hall–Kier alpha value is -0.580. The first-order valence-electron chi connectivity index (χ1n) is 8.18. The molecule has 5 heteroatoms. The van der Waals surface area contributed by atoms with Gasteiger partial charge in [-0.05, 0) is 54.7 Å². The van der Waals surface area contributed by atoms with Gasteiger partial charge in [-0.2, -0.15) is 0 Å². The highest BCUT2D eigenvalue weighted by molar-refractivity contribution is 9.09. The summed E-state index contributed by atoms with van der Waals surface area (Å²) < 4.78 is 9.96. The van der Waals surface area contributed by atoms with Crippen LogP contribution in [-0.4, -0.2) is 27.4 Å². The maximum absolute atomic E-state index is 5.78. The molecule has 2 nitrogen and oxygen atoms in total. The Kier molecular flexibility index (Phi) is 12.2. The number of ether oxygens (including phenoxy) is 2. The summed E-state index contributed by atoms with van der Waals surface area (Å²) in [4.78, 5) is 0.352. The largest absolute Gasteiger partial charge is 0.385 e. The zero-order valence-electron chi connectivity index (χ0n) is 14.7. The molecule has 0 bridgehead atoms. The number of alkyl halides is 1. The van der Waals surface area contributed by atoms with E-state index in [1.807, 2.05) is 36.4 Å². The van der Waals surface area contributed by atoms with Gasteiger partial charge in [-0.3, -0.25) is 0 Å². The molecule has 0 heterocycles. The fraction of sp³-hybridized carbons (Fsp3) is 0.400. The van der Waals surface area contributed by atoms with E-state index in [1.165, 1.54) is 11.1 Å². The van der Waals surface area contributed by atoms with Crippen molar-refractivity contribution in [3.05, 3.63) is 69.7 Å². The van der Waals surface area contributed by atoms with E-state index in [0.29, 0.717) is 4.83 Å². The predicted octanol–water partition coefficient (Wildman–Crippen LogP) is 6.73. The highest BCUT2D eigenvalue weighted by atomic mass is 79.9. The van der Waals surface area contributed by atoms with Crippen molar-refractivity contribution >= 4 is 39.1 Å². The summed E-state index contributed by atoms with van der Waals surface area (Å²) in [6.45, 7) is 1.58. The molecule has 138 valence electrons. The fourth-order valence-electron chi connectivity index (χ4n) is 2.13. The molecule has 0 saturated heterocycles. The molecule has 0 spiro atoms. The summed E-state index contributed by atoms with van der Waals surface area (Å²) in [7, 11) is 3.43. The zero-order valence-corrected chi connectivity index (χ0v) is 17.8. The maximum Gasteiger partial charge on any atom is 0.0476 e. The average Bonchev–Trinajstić information content (AvgIpc) is 2.63. The average molecular weight is 448 g/mol. The lowest BCUT2D eigenvalue weighted by atomic mass is 10.1. The third kappa shape index (κ3) is 10.2. The van der Waals surface area contributed by atoms with E-state index in [1.54, 1.807) is 14.2 Å². The van der Waals surface area contributed by atoms with Gasteiger partial charge in [-0.15, -0.1) is 0 Å². The monoisotopic (exact) mass is 446 g/mol. The summed E-state index contributed by atoms with van der Waals surface area (Å²) in [5.41, 5.74) is 2.55. The maximum atomic E-state index is 5.78. The Morgan fingerprint density at radius 2 is 1.36 bits per heavy atom. The molecule has 0 radical (unpaired) electrons. The minimum Gasteiger partial charge on any atom is -0.385 e. The topological polar surface area (TPSA) is 18.5 Å². The van der Waals surface area contributed by atoms with Crippen LogP contribution in [0.3, 0.4) is 0 Å². The Morgan fingerprint density at radius 1 is 0.840 bits per heavy atom. The van der Waals surface area contributed by atoms with Crippen LogP contribution in [0.25, 0.3) is 0 Å². The second kappa shape index (κ2) is 13.6. The van der Waals surface area contributed by atoms with Crippen molar-refractivity contribution in [1.29, 1.82) is 0 Å². The first-order valence-corrected chi connectivity index (χ1v) is 9.85. The fourth-order valence-corrected chi connectivity index (χ4v) is 2.88. The zero-order chi connectivity index (χ0) is 18.5. The number of halogens is 3. The summed E-state index contributed by atoms with van der Waals surface area (Å²) >= 11 is 15.1. The van der Waals surface area contributed by atoms with Crippen LogP contribution in [0, 0.1) is 0 Å². The molecular weight excluding hydrogens is 423 g/mol. The van der Waals surface area contributed by atoms with Crippen LogP contribution in [0.5, 0.6) is 0 Å². The van der Waals surface area contributed by atoms with E-state index in [4.69, 9.17) is 32.7 Å². The van der Waals surface area contributed by atoms with E-state index >= 15 is 0 Å². The van der Waals surface area contributed by atoms with Gasteiger partial charge in [-0.25, -0.2) is 0 Å². The van der Waals surface area contributed by atoms with Gasteiger partial charge >= 0.3 is 0 Å². The molecule has 1 unspecified atom stereocenters. The van der Waals surface area contributed by atoms with Crippen LogP contribution in [-0.2, 0) is 15.9 Å². The molecule has 2 rings (SSSR count). The van der Waals surface area contributed by atoms with Crippen LogP contribution < -0.4 is 0 Å². The van der Waals surface area contributed by atoms with E-state index in [-0.39, 0.29) is 0 Å². The second-order valence-electron chi connectivity index (χ2n) is 5.52. The van der Waals surface area contributed by atoms with Crippen molar-refractivity contribution in [3.63, 3.8) is 0 Å². The number of rotatable bonds is 8. The van der Waals surface area contributed by atoms with Crippen LogP contribution >= 0.6 is 39.1 Å². The van der Waals surface area contributed by atoms with Crippen molar-refractivity contribution in [3.8, 4) is 0 Å². The molecule has 0 aromatic heterocycles. The molecule has 2 aromatic rings. The summed E-state index contributed by atoms with van der Waals surface area (Å²) in [5.74, 6) is 0. The molecule has 0 aliphatic heterocycles. The van der Waals surface area contributed by atoms with Crippen molar-refractivity contribution in [2.24, 2.45) is 0 Å². The Morgan fingerprint density at radius 3 is 1.88 bits per heavy atom. The molecule has 25 heavy (non-hydrogen) atoms. The van der Waals surface area contributed by atoms with Crippen LogP contribution in [0.2, 0.25) is 10.0 Å². The summed E-state index contributed by atoms with van der Waals surface area (Å²) in [5, 5.41) is 1.57. The number of methoxy groups -OCH3 is 2. The lowest BCUT2D eigenvalue weighted by molar-refractivity contribution is 0.195. The number of benzene rings is 2. The molecule has 0 fully saturated rings. The molecule has 2 aromatic carbocycles. The highest BCUT2D eigenvalue weighted by Gasteiger charge is 2.05. The molecule has 0 aliphatic carbocycles. The lowest BCUT2D eigenvalue weighted by Gasteiger charge is -2.08. The van der Waals surface area contributed by atoms with Crippen LogP contribution in [0.15, 0.2) is 48.5 Å².